The lowest BCUT2D eigenvalue weighted by atomic mass is 10.0. The van der Waals surface area contributed by atoms with Gasteiger partial charge in [0.25, 0.3) is 5.91 Å². The number of nitrogens with zero attached hydrogens (tertiary/aromatic N) is 4. The molecule has 2 aliphatic rings. The van der Waals surface area contributed by atoms with Crippen LogP contribution < -0.4 is 15.5 Å². The minimum atomic E-state index is -0.0661. The summed E-state index contributed by atoms with van der Waals surface area (Å²) in [6.45, 7) is 9.10. The number of piperidine rings is 1. The van der Waals surface area contributed by atoms with Crippen molar-refractivity contribution in [3.63, 3.8) is 0 Å². The van der Waals surface area contributed by atoms with E-state index in [1.54, 1.807) is 0 Å². The number of amides is 1. The number of anilines is 2. The van der Waals surface area contributed by atoms with Gasteiger partial charge in [0, 0.05) is 67.9 Å². The molecular weight excluding hydrogens is 452 g/mol. The number of hydrogen-bond acceptors (Lipinski definition) is 6. The monoisotopic (exact) mass is 490 g/mol. The lowest BCUT2D eigenvalue weighted by Gasteiger charge is -2.28. The predicted molar refractivity (Wildman–Crippen MR) is 144 cm³/mol. The Morgan fingerprint density at radius 1 is 1.08 bits per heavy atom. The largest absolute Gasteiger partial charge is 0.381 e. The summed E-state index contributed by atoms with van der Waals surface area (Å²) in [6.07, 6.45) is 8.39. The maximum atomic E-state index is 13.1. The summed E-state index contributed by atoms with van der Waals surface area (Å²) >= 11 is 0. The van der Waals surface area contributed by atoms with Crippen molar-refractivity contribution in [3.8, 4) is 0 Å². The molecule has 36 heavy (non-hydrogen) atoms. The highest BCUT2D eigenvalue weighted by molar-refractivity contribution is 5.95. The first kappa shape index (κ1) is 24.6. The van der Waals surface area contributed by atoms with Gasteiger partial charge in [0.05, 0.1) is 17.3 Å². The zero-order chi connectivity index (χ0) is 24.9. The Bertz CT molecular complexity index is 1180. The average molecular weight is 491 g/mol. The molecule has 1 amide bonds. The van der Waals surface area contributed by atoms with Crippen LogP contribution in [-0.2, 0) is 24.2 Å². The average Bonchev–Trinajstić information content (AvgIpc) is 3.36. The third kappa shape index (κ3) is 5.19. The molecule has 2 N–H and O–H groups in total. The second kappa shape index (κ2) is 11.3. The SMILES string of the molecule is CCc1nc2c(cnn2CC)c(NC2CCOCC2)c1CNC(=O)c1ccc(N2CCCCC2)cc1. The standard InChI is InChI=1S/C28H38N6O2/c1-3-25-23(18-29-28(35)20-8-10-22(11-9-20)33-14-6-5-7-15-33)26(31-21-12-16-36-17-13-21)24-19-30-34(4-2)27(24)32-25/h8-11,19,21H,3-7,12-18H2,1-2H3,(H,29,35)(H,31,32). The van der Waals surface area contributed by atoms with Crippen LogP contribution in [0.5, 0.6) is 0 Å². The molecule has 0 bridgehead atoms. The van der Waals surface area contributed by atoms with E-state index in [-0.39, 0.29) is 5.91 Å². The van der Waals surface area contributed by atoms with Crippen molar-refractivity contribution in [2.45, 2.75) is 71.5 Å². The van der Waals surface area contributed by atoms with Crippen LogP contribution in [0.3, 0.4) is 0 Å². The van der Waals surface area contributed by atoms with E-state index in [9.17, 15) is 4.79 Å². The van der Waals surface area contributed by atoms with Crippen LogP contribution >= 0.6 is 0 Å². The van der Waals surface area contributed by atoms with Gasteiger partial charge in [0.15, 0.2) is 5.65 Å². The van der Waals surface area contributed by atoms with E-state index < -0.39 is 0 Å². The summed E-state index contributed by atoms with van der Waals surface area (Å²) in [5.41, 5.74) is 5.86. The van der Waals surface area contributed by atoms with Gasteiger partial charge in [-0.1, -0.05) is 6.92 Å². The minimum Gasteiger partial charge on any atom is -0.381 e. The van der Waals surface area contributed by atoms with Crippen molar-refractivity contribution in [3.05, 3.63) is 47.3 Å². The van der Waals surface area contributed by atoms with Crippen molar-refractivity contribution in [2.24, 2.45) is 0 Å². The summed E-state index contributed by atoms with van der Waals surface area (Å²) in [6, 6.07) is 8.35. The van der Waals surface area contributed by atoms with Crippen LogP contribution in [0.2, 0.25) is 0 Å². The smallest absolute Gasteiger partial charge is 0.251 e. The molecule has 8 heteroatoms. The number of ether oxygens (including phenoxy) is 1. The van der Waals surface area contributed by atoms with Crippen molar-refractivity contribution in [1.82, 2.24) is 20.1 Å². The summed E-state index contributed by atoms with van der Waals surface area (Å²) in [5.74, 6) is -0.0661. The van der Waals surface area contributed by atoms with Crippen molar-refractivity contribution in [2.75, 3.05) is 36.5 Å². The third-order valence-corrected chi connectivity index (χ3v) is 7.45. The topological polar surface area (TPSA) is 84.3 Å². The first-order valence-corrected chi connectivity index (χ1v) is 13.5. The highest BCUT2D eigenvalue weighted by Gasteiger charge is 2.22. The number of carbonyl (C=O) groups is 1. The molecule has 1 aromatic carbocycles. The maximum absolute atomic E-state index is 13.1. The molecule has 0 aliphatic carbocycles. The molecule has 2 aliphatic heterocycles. The number of aryl methyl sites for hydroxylation is 2. The Balaban J connectivity index is 1.38. The molecular formula is C28H38N6O2. The summed E-state index contributed by atoms with van der Waals surface area (Å²) in [7, 11) is 0. The number of carbonyl (C=O) groups excluding carboxylic acids is 1. The lowest BCUT2D eigenvalue weighted by molar-refractivity contribution is 0.0904. The lowest BCUT2D eigenvalue weighted by Crippen LogP contribution is -2.30. The maximum Gasteiger partial charge on any atom is 0.251 e. The van der Waals surface area contributed by atoms with E-state index in [0.29, 0.717) is 18.2 Å². The molecule has 5 rings (SSSR count). The van der Waals surface area contributed by atoms with Gasteiger partial charge in [-0.25, -0.2) is 9.67 Å². The number of hydrogen-bond donors (Lipinski definition) is 2. The van der Waals surface area contributed by atoms with E-state index >= 15 is 0 Å². The number of aromatic nitrogens is 3. The highest BCUT2D eigenvalue weighted by atomic mass is 16.5. The first-order valence-electron chi connectivity index (χ1n) is 13.5. The first-order chi connectivity index (χ1) is 17.7. The molecule has 3 aromatic rings. The molecule has 8 nitrogen and oxygen atoms in total. The van der Waals surface area contributed by atoms with Gasteiger partial charge in [-0.15, -0.1) is 0 Å². The van der Waals surface area contributed by atoms with Gasteiger partial charge in [0.2, 0.25) is 0 Å². The van der Waals surface area contributed by atoms with E-state index in [1.165, 1.54) is 24.9 Å². The molecule has 0 unspecified atom stereocenters. The van der Waals surface area contributed by atoms with E-state index in [0.717, 1.165) is 80.1 Å². The number of nitrogens with one attached hydrogen (secondary N) is 2. The Morgan fingerprint density at radius 3 is 2.53 bits per heavy atom. The van der Waals surface area contributed by atoms with Gasteiger partial charge in [0.1, 0.15) is 0 Å². The quantitative estimate of drug-likeness (QED) is 0.483. The molecule has 2 aromatic heterocycles. The minimum absolute atomic E-state index is 0.0661. The fourth-order valence-corrected chi connectivity index (χ4v) is 5.35. The molecule has 4 heterocycles. The summed E-state index contributed by atoms with van der Waals surface area (Å²) in [4.78, 5) is 20.5. The van der Waals surface area contributed by atoms with Gasteiger partial charge in [-0.05, 0) is 69.7 Å². The molecule has 2 saturated heterocycles. The summed E-state index contributed by atoms with van der Waals surface area (Å²) in [5, 5.41) is 12.5. The number of rotatable bonds is 8. The van der Waals surface area contributed by atoms with Crippen LogP contribution in [0, 0.1) is 0 Å². The normalized spacial score (nSPS) is 16.9. The highest BCUT2D eigenvalue weighted by Crippen LogP contribution is 2.31. The summed E-state index contributed by atoms with van der Waals surface area (Å²) < 4.78 is 7.51. The second-order valence-corrected chi connectivity index (χ2v) is 9.77. The van der Waals surface area contributed by atoms with E-state index in [1.807, 2.05) is 23.0 Å². The molecule has 0 atom stereocenters. The van der Waals surface area contributed by atoms with E-state index in [2.05, 4.69) is 46.6 Å². The van der Waals surface area contributed by atoms with Crippen LogP contribution in [-0.4, -0.2) is 53.0 Å². The Kier molecular flexibility index (Phi) is 7.70. The van der Waals surface area contributed by atoms with Gasteiger partial charge >= 0.3 is 0 Å². The van der Waals surface area contributed by atoms with E-state index in [4.69, 9.17) is 9.72 Å². The van der Waals surface area contributed by atoms with Gasteiger partial charge in [-0.2, -0.15) is 5.10 Å². The Labute approximate surface area is 213 Å². The number of fused-ring (bicyclic) bond motifs is 1. The van der Waals surface area contributed by atoms with Crippen molar-refractivity contribution in [1.29, 1.82) is 0 Å². The molecule has 0 saturated carbocycles. The van der Waals surface area contributed by atoms with Crippen LogP contribution in [0.4, 0.5) is 11.4 Å². The van der Waals surface area contributed by atoms with Crippen molar-refractivity contribution >= 4 is 28.3 Å². The van der Waals surface area contributed by atoms with Gasteiger partial charge in [-0.3, -0.25) is 4.79 Å². The molecule has 192 valence electrons. The van der Waals surface area contributed by atoms with Crippen LogP contribution in [0.1, 0.15) is 67.6 Å². The molecule has 0 spiro atoms. The fourth-order valence-electron chi connectivity index (χ4n) is 5.35. The van der Waals surface area contributed by atoms with Crippen molar-refractivity contribution < 1.29 is 9.53 Å². The third-order valence-electron chi connectivity index (χ3n) is 7.45. The van der Waals surface area contributed by atoms with Gasteiger partial charge < -0.3 is 20.3 Å². The number of benzene rings is 1. The van der Waals surface area contributed by atoms with Crippen LogP contribution in [0.15, 0.2) is 30.5 Å². The van der Waals surface area contributed by atoms with Crippen LogP contribution in [0.25, 0.3) is 11.0 Å². The zero-order valence-electron chi connectivity index (χ0n) is 21.6. The number of pyridine rings is 1. The predicted octanol–water partition coefficient (Wildman–Crippen LogP) is 4.52. The Morgan fingerprint density at radius 2 is 1.83 bits per heavy atom. The molecule has 0 radical (unpaired) electrons. The fraction of sp³-hybridized carbons (Fsp3) is 0.536. The Hall–Kier alpha value is -3.13. The molecule has 2 fully saturated rings. The zero-order valence-corrected chi connectivity index (χ0v) is 21.6. The second-order valence-electron chi connectivity index (χ2n) is 9.77.